The average molecular weight is 443 g/mol. The van der Waals surface area contributed by atoms with Crippen molar-refractivity contribution in [2.75, 3.05) is 26.3 Å². The molecule has 1 aromatic heterocycles. The fraction of sp³-hybridized carbons (Fsp3) is 0.208. The Morgan fingerprint density at radius 3 is 2.58 bits per heavy atom. The lowest BCUT2D eigenvalue weighted by Gasteiger charge is -2.26. The molecule has 0 radical (unpaired) electrons. The van der Waals surface area contributed by atoms with E-state index in [-0.39, 0.29) is 5.88 Å². The first-order valence-electron chi connectivity index (χ1n) is 10.5. The number of H-pyrrole nitrogens is 1. The second-order valence-electron chi connectivity index (χ2n) is 7.64. The van der Waals surface area contributed by atoms with Crippen LogP contribution in [0.5, 0.6) is 11.6 Å². The number of allylic oxidation sites excluding steroid dienone is 1. The smallest absolute Gasteiger partial charge is 0.415 e. The monoisotopic (exact) mass is 443 g/mol. The molecule has 2 aliphatic heterocycles. The highest BCUT2D eigenvalue weighted by atomic mass is 16.6. The summed E-state index contributed by atoms with van der Waals surface area (Å²) in [7, 11) is 0. The highest BCUT2D eigenvalue weighted by Crippen LogP contribution is 2.45. The van der Waals surface area contributed by atoms with Crippen LogP contribution in [0.1, 0.15) is 17.0 Å². The highest BCUT2D eigenvalue weighted by molar-refractivity contribution is 5.72. The first kappa shape index (κ1) is 20.6. The van der Waals surface area contributed by atoms with Gasteiger partial charge in [-0.2, -0.15) is 5.26 Å². The summed E-state index contributed by atoms with van der Waals surface area (Å²) in [6, 6.07) is 18.9. The maximum Gasteiger partial charge on any atom is 0.415 e. The van der Waals surface area contributed by atoms with Crippen LogP contribution in [-0.4, -0.2) is 47.5 Å². The van der Waals surface area contributed by atoms with Gasteiger partial charge in [0.1, 0.15) is 17.4 Å². The Bertz CT molecular complexity index is 1240. The third kappa shape index (κ3) is 3.88. The topological polar surface area (TPSA) is 126 Å². The zero-order valence-electron chi connectivity index (χ0n) is 17.7. The number of benzene rings is 2. The molecule has 166 valence electrons. The van der Waals surface area contributed by atoms with Gasteiger partial charge < -0.3 is 24.8 Å². The molecule has 1 fully saturated rings. The molecule has 9 heteroatoms. The number of rotatable bonds is 3. The van der Waals surface area contributed by atoms with Gasteiger partial charge in [-0.05, 0) is 23.3 Å². The number of nitrogens with zero attached hydrogens (tertiary/aromatic N) is 3. The van der Waals surface area contributed by atoms with Gasteiger partial charge in [0.15, 0.2) is 0 Å². The van der Waals surface area contributed by atoms with Crippen LogP contribution in [0.4, 0.5) is 4.79 Å². The summed E-state index contributed by atoms with van der Waals surface area (Å²) in [4.78, 5) is 14.0. The molecule has 5 rings (SSSR count). The van der Waals surface area contributed by atoms with E-state index in [9.17, 15) is 10.1 Å². The standard InChI is InChI=1S/C24H21N5O4/c25-14-18-19(15-6-8-17(9-7-15)32-24(30)29-10-12-31-13-11-29)20-21(16-4-2-1-3-5-16)27-28-23(20)33-22(18)26/h1-9,19H,10-13,26H2,(H,27,28)/t19-/m0/s1. The molecule has 1 atom stereocenters. The van der Waals surface area contributed by atoms with E-state index in [0.29, 0.717) is 43.5 Å². The van der Waals surface area contributed by atoms with Crippen molar-refractivity contribution in [2.45, 2.75) is 5.92 Å². The van der Waals surface area contributed by atoms with Crippen LogP contribution in [0, 0.1) is 11.3 Å². The van der Waals surface area contributed by atoms with E-state index in [0.717, 1.165) is 22.4 Å². The number of carbonyl (C=O) groups is 1. The number of aromatic amines is 1. The molecule has 1 amide bonds. The van der Waals surface area contributed by atoms with Gasteiger partial charge in [-0.3, -0.25) is 5.10 Å². The summed E-state index contributed by atoms with van der Waals surface area (Å²) in [5.41, 5.74) is 9.53. The van der Waals surface area contributed by atoms with E-state index in [1.54, 1.807) is 17.0 Å². The maximum absolute atomic E-state index is 12.4. The Labute approximate surface area is 190 Å². The van der Waals surface area contributed by atoms with Crippen LogP contribution in [0.15, 0.2) is 66.1 Å². The van der Waals surface area contributed by atoms with Crippen molar-refractivity contribution in [2.24, 2.45) is 5.73 Å². The van der Waals surface area contributed by atoms with Crippen LogP contribution in [-0.2, 0) is 4.74 Å². The zero-order chi connectivity index (χ0) is 22.8. The Balaban J connectivity index is 1.48. The predicted molar refractivity (Wildman–Crippen MR) is 118 cm³/mol. The number of carbonyl (C=O) groups excluding carboxylic acids is 1. The fourth-order valence-electron chi connectivity index (χ4n) is 4.04. The molecular weight excluding hydrogens is 422 g/mol. The summed E-state index contributed by atoms with van der Waals surface area (Å²) in [6.07, 6.45) is -0.414. The van der Waals surface area contributed by atoms with Crippen molar-refractivity contribution >= 4 is 6.09 Å². The van der Waals surface area contributed by atoms with Crippen molar-refractivity contribution in [3.8, 4) is 29.0 Å². The third-order valence-corrected chi connectivity index (χ3v) is 5.69. The van der Waals surface area contributed by atoms with Crippen molar-refractivity contribution < 1.29 is 19.0 Å². The van der Waals surface area contributed by atoms with Crippen molar-refractivity contribution in [1.29, 1.82) is 5.26 Å². The van der Waals surface area contributed by atoms with Crippen molar-refractivity contribution in [1.82, 2.24) is 15.1 Å². The highest BCUT2D eigenvalue weighted by Gasteiger charge is 2.35. The molecule has 3 aromatic rings. The first-order chi connectivity index (χ1) is 16.2. The average Bonchev–Trinajstić information content (AvgIpc) is 3.28. The number of hydrogen-bond acceptors (Lipinski definition) is 7. The number of fused-ring (bicyclic) bond motifs is 1. The van der Waals surface area contributed by atoms with E-state index < -0.39 is 12.0 Å². The maximum atomic E-state index is 12.4. The SMILES string of the molecule is N#CC1=C(N)Oc2n[nH]c(-c3ccccc3)c2[C@H]1c1ccc(OC(=O)N2CCOCC2)cc1. The lowest BCUT2D eigenvalue weighted by atomic mass is 9.83. The van der Waals surface area contributed by atoms with Crippen LogP contribution in [0.3, 0.4) is 0 Å². The van der Waals surface area contributed by atoms with Crippen molar-refractivity contribution in [3.05, 3.63) is 77.2 Å². The molecule has 0 saturated carbocycles. The van der Waals surface area contributed by atoms with Gasteiger partial charge in [0.2, 0.25) is 11.8 Å². The Kier molecular flexibility index (Phi) is 5.42. The Hall–Kier alpha value is -4.29. The van der Waals surface area contributed by atoms with E-state index in [1.165, 1.54) is 0 Å². The van der Waals surface area contributed by atoms with Gasteiger partial charge in [0, 0.05) is 13.1 Å². The van der Waals surface area contributed by atoms with Gasteiger partial charge in [-0.25, -0.2) is 4.79 Å². The fourth-order valence-corrected chi connectivity index (χ4v) is 4.04. The molecule has 0 aliphatic carbocycles. The predicted octanol–water partition coefficient (Wildman–Crippen LogP) is 3.13. The van der Waals surface area contributed by atoms with Crippen molar-refractivity contribution in [3.63, 3.8) is 0 Å². The summed E-state index contributed by atoms with van der Waals surface area (Å²) in [5.74, 6) is 0.271. The van der Waals surface area contributed by atoms with Crippen LogP contribution < -0.4 is 15.2 Å². The first-order valence-corrected chi connectivity index (χ1v) is 10.5. The van der Waals surface area contributed by atoms with Crippen LogP contribution in [0.2, 0.25) is 0 Å². The molecule has 0 spiro atoms. The number of nitrogens with one attached hydrogen (secondary N) is 1. The molecule has 2 aliphatic rings. The molecule has 33 heavy (non-hydrogen) atoms. The summed E-state index contributed by atoms with van der Waals surface area (Å²) in [6.45, 7) is 2.00. The summed E-state index contributed by atoms with van der Waals surface area (Å²) < 4.78 is 16.4. The quantitative estimate of drug-likeness (QED) is 0.637. The van der Waals surface area contributed by atoms with E-state index in [4.69, 9.17) is 19.9 Å². The van der Waals surface area contributed by atoms with Gasteiger partial charge >= 0.3 is 6.09 Å². The summed E-state index contributed by atoms with van der Waals surface area (Å²) >= 11 is 0. The van der Waals surface area contributed by atoms with Gasteiger partial charge in [-0.15, -0.1) is 5.10 Å². The Morgan fingerprint density at radius 1 is 1.15 bits per heavy atom. The molecule has 2 aromatic carbocycles. The normalized spacial score (nSPS) is 17.7. The number of amides is 1. The molecule has 0 unspecified atom stereocenters. The number of hydrogen-bond donors (Lipinski definition) is 2. The lowest BCUT2D eigenvalue weighted by molar-refractivity contribution is 0.0416. The van der Waals surface area contributed by atoms with Gasteiger partial charge in [-0.1, -0.05) is 42.5 Å². The second kappa shape index (κ2) is 8.68. The third-order valence-electron chi connectivity index (χ3n) is 5.69. The van der Waals surface area contributed by atoms with E-state index in [1.807, 2.05) is 42.5 Å². The minimum atomic E-state index is -0.489. The number of morpholine rings is 1. The molecule has 3 heterocycles. The number of ether oxygens (including phenoxy) is 3. The number of nitrogens with two attached hydrogens (primary N) is 1. The second-order valence-corrected chi connectivity index (χ2v) is 7.64. The summed E-state index contributed by atoms with van der Waals surface area (Å²) in [5, 5.41) is 17.2. The van der Waals surface area contributed by atoms with Crippen LogP contribution >= 0.6 is 0 Å². The van der Waals surface area contributed by atoms with Crippen LogP contribution in [0.25, 0.3) is 11.3 Å². The zero-order valence-corrected chi connectivity index (χ0v) is 17.7. The van der Waals surface area contributed by atoms with Gasteiger partial charge in [0.25, 0.3) is 0 Å². The largest absolute Gasteiger partial charge is 0.420 e. The molecule has 1 saturated heterocycles. The molecule has 9 nitrogen and oxygen atoms in total. The van der Waals surface area contributed by atoms with E-state index in [2.05, 4.69) is 16.3 Å². The lowest BCUT2D eigenvalue weighted by Crippen LogP contribution is -2.42. The Morgan fingerprint density at radius 2 is 1.88 bits per heavy atom. The minimum absolute atomic E-state index is 0.0175. The molecule has 0 bridgehead atoms. The molecular formula is C24H21N5O4. The van der Waals surface area contributed by atoms with Gasteiger partial charge in [0.05, 0.1) is 30.4 Å². The number of aromatic nitrogens is 2. The minimum Gasteiger partial charge on any atom is -0.420 e. The molecule has 3 N–H and O–H groups in total. The number of nitriles is 1. The van der Waals surface area contributed by atoms with E-state index >= 15 is 0 Å².